The highest BCUT2D eigenvalue weighted by Gasteiger charge is 2.21. The lowest BCUT2D eigenvalue weighted by molar-refractivity contribution is -0.129. The first-order valence-electron chi connectivity index (χ1n) is 5.58. The van der Waals surface area contributed by atoms with E-state index >= 15 is 0 Å². The number of hydrogen-bond acceptors (Lipinski definition) is 4. The molecule has 0 bridgehead atoms. The van der Waals surface area contributed by atoms with Gasteiger partial charge in [0.2, 0.25) is 5.91 Å². The molecular formula is C12H14N4O. The fourth-order valence-corrected chi connectivity index (χ4v) is 1.97. The van der Waals surface area contributed by atoms with Crippen LogP contribution in [0.1, 0.15) is 12.5 Å². The van der Waals surface area contributed by atoms with Crippen LogP contribution in [0.4, 0.5) is 5.82 Å². The summed E-state index contributed by atoms with van der Waals surface area (Å²) in [5, 5.41) is 9.01. The van der Waals surface area contributed by atoms with Crippen LogP contribution < -0.4 is 4.90 Å². The molecule has 0 spiro atoms. The molecule has 0 saturated carbocycles. The van der Waals surface area contributed by atoms with Crippen molar-refractivity contribution in [3.8, 4) is 6.07 Å². The van der Waals surface area contributed by atoms with Crippen molar-refractivity contribution >= 4 is 11.7 Å². The minimum absolute atomic E-state index is 0.103. The van der Waals surface area contributed by atoms with Crippen LogP contribution in [0.2, 0.25) is 0 Å². The van der Waals surface area contributed by atoms with E-state index in [0.717, 1.165) is 18.9 Å². The Kier molecular flexibility index (Phi) is 3.24. The van der Waals surface area contributed by atoms with Gasteiger partial charge in [-0.15, -0.1) is 0 Å². The van der Waals surface area contributed by atoms with Crippen molar-refractivity contribution in [1.82, 2.24) is 9.88 Å². The molecule has 2 heterocycles. The third kappa shape index (κ3) is 2.36. The van der Waals surface area contributed by atoms with Crippen LogP contribution in [0.5, 0.6) is 0 Å². The van der Waals surface area contributed by atoms with Crippen LogP contribution in [0.15, 0.2) is 18.3 Å². The van der Waals surface area contributed by atoms with E-state index in [9.17, 15) is 4.79 Å². The molecule has 2 rings (SSSR count). The number of piperazine rings is 1. The van der Waals surface area contributed by atoms with E-state index in [1.807, 2.05) is 4.90 Å². The van der Waals surface area contributed by atoms with E-state index < -0.39 is 0 Å². The van der Waals surface area contributed by atoms with Crippen molar-refractivity contribution in [2.75, 3.05) is 31.1 Å². The van der Waals surface area contributed by atoms with E-state index in [1.165, 1.54) is 0 Å². The van der Waals surface area contributed by atoms with E-state index in [2.05, 4.69) is 16.0 Å². The molecule has 0 aromatic carbocycles. The zero-order valence-electron chi connectivity index (χ0n) is 9.76. The molecule has 0 atom stereocenters. The lowest BCUT2D eigenvalue weighted by atomic mass is 10.2. The van der Waals surface area contributed by atoms with Crippen LogP contribution in [0, 0.1) is 11.3 Å². The van der Waals surface area contributed by atoms with Gasteiger partial charge >= 0.3 is 0 Å². The Hall–Kier alpha value is -2.09. The molecular weight excluding hydrogens is 216 g/mol. The zero-order valence-corrected chi connectivity index (χ0v) is 9.76. The molecule has 5 nitrogen and oxygen atoms in total. The number of carbonyl (C=O) groups excluding carboxylic acids is 1. The van der Waals surface area contributed by atoms with Gasteiger partial charge in [-0.25, -0.2) is 4.98 Å². The van der Waals surface area contributed by atoms with Crippen molar-refractivity contribution in [3.05, 3.63) is 23.9 Å². The molecule has 1 fully saturated rings. The summed E-state index contributed by atoms with van der Waals surface area (Å²) >= 11 is 0. The second-order valence-corrected chi connectivity index (χ2v) is 3.98. The molecule has 0 aliphatic carbocycles. The van der Waals surface area contributed by atoms with Gasteiger partial charge in [0.15, 0.2) is 0 Å². The van der Waals surface area contributed by atoms with Crippen molar-refractivity contribution < 1.29 is 4.79 Å². The monoisotopic (exact) mass is 230 g/mol. The second kappa shape index (κ2) is 4.83. The van der Waals surface area contributed by atoms with Gasteiger partial charge in [-0.2, -0.15) is 5.26 Å². The molecule has 17 heavy (non-hydrogen) atoms. The van der Waals surface area contributed by atoms with Gasteiger partial charge in [0.25, 0.3) is 0 Å². The normalized spacial score (nSPS) is 15.5. The van der Waals surface area contributed by atoms with Crippen molar-refractivity contribution in [1.29, 1.82) is 5.26 Å². The molecule has 1 aromatic heterocycles. The summed E-state index contributed by atoms with van der Waals surface area (Å²) in [5.41, 5.74) is 0.587. The number of aromatic nitrogens is 1. The highest BCUT2D eigenvalue weighted by molar-refractivity contribution is 5.73. The smallest absolute Gasteiger partial charge is 0.219 e. The van der Waals surface area contributed by atoms with Crippen molar-refractivity contribution in [3.63, 3.8) is 0 Å². The van der Waals surface area contributed by atoms with E-state index in [1.54, 1.807) is 25.3 Å². The Morgan fingerprint density at radius 2 is 2.12 bits per heavy atom. The summed E-state index contributed by atoms with van der Waals surface area (Å²) < 4.78 is 0. The molecule has 0 unspecified atom stereocenters. The molecule has 5 heteroatoms. The Morgan fingerprint density at radius 3 is 2.71 bits per heavy atom. The van der Waals surface area contributed by atoms with E-state index in [-0.39, 0.29) is 5.91 Å². The third-order valence-corrected chi connectivity index (χ3v) is 2.93. The van der Waals surface area contributed by atoms with Crippen LogP contribution in [0.3, 0.4) is 0 Å². The maximum atomic E-state index is 11.2. The van der Waals surface area contributed by atoms with Gasteiger partial charge in [0, 0.05) is 39.3 Å². The molecule has 0 N–H and O–H groups in total. The highest BCUT2D eigenvalue weighted by Crippen LogP contribution is 2.17. The van der Waals surface area contributed by atoms with Gasteiger partial charge in [-0.3, -0.25) is 4.79 Å². The van der Waals surface area contributed by atoms with Crippen molar-refractivity contribution in [2.24, 2.45) is 0 Å². The maximum absolute atomic E-state index is 11.2. The Bertz CT molecular complexity index is 458. The predicted octanol–water partition coefficient (Wildman–Crippen LogP) is 0.622. The quantitative estimate of drug-likeness (QED) is 0.709. The number of amides is 1. The minimum atomic E-state index is 0.103. The lowest BCUT2D eigenvalue weighted by Crippen LogP contribution is -2.48. The number of pyridine rings is 1. The molecule has 1 aliphatic rings. The third-order valence-electron chi connectivity index (χ3n) is 2.93. The van der Waals surface area contributed by atoms with Crippen LogP contribution in [-0.4, -0.2) is 42.0 Å². The number of carbonyl (C=O) groups is 1. The van der Waals surface area contributed by atoms with Crippen molar-refractivity contribution in [2.45, 2.75) is 6.92 Å². The molecule has 1 amide bonds. The fourth-order valence-electron chi connectivity index (χ4n) is 1.97. The molecule has 1 aromatic rings. The minimum Gasteiger partial charge on any atom is -0.352 e. The summed E-state index contributed by atoms with van der Waals surface area (Å²) in [4.78, 5) is 19.3. The van der Waals surface area contributed by atoms with E-state index in [4.69, 9.17) is 5.26 Å². The summed E-state index contributed by atoms with van der Waals surface area (Å²) in [6.45, 7) is 4.42. The zero-order chi connectivity index (χ0) is 12.3. The highest BCUT2D eigenvalue weighted by atomic mass is 16.2. The van der Waals surface area contributed by atoms with E-state index in [0.29, 0.717) is 18.7 Å². The fraction of sp³-hybridized carbons (Fsp3) is 0.417. The van der Waals surface area contributed by atoms with Gasteiger partial charge in [0.1, 0.15) is 11.9 Å². The van der Waals surface area contributed by atoms with Crippen LogP contribution in [0.25, 0.3) is 0 Å². The summed E-state index contributed by atoms with van der Waals surface area (Å²) in [6.07, 6.45) is 1.69. The average Bonchev–Trinajstić information content (AvgIpc) is 2.39. The predicted molar refractivity (Wildman–Crippen MR) is 63.4 cm³/mol. The lowest BCUT2D eigenvalue weighted by Gasteiger charge is -2.35. The van der Waals surface area contributed by atoms with Gasteiger partial charge in [-0.1, -0.05) is 0 Å². The Morgan fingerprint density at radius 1 is 1.41 bits per heavy atom. The summed E-state index contributed by atoms with van der Waals surface area (Å²) in [5.74, 6) is 0.823. The molecule has 0 radical (unpaired) electrons. The second-order valence-electron chi connectivity index (χ2n) is 3.98. The van der Waals surface area contributed by atoms with Gasteiger partial charge in [-0.05, 0) is 12.1 Å². The Balaban J connectivity index is 2.11. The summed E-state index contributed by atoms with van der Waals surface area (Å²) in [7, 11) is 0. The largest absolute Gasteiger partial charge is 0.352 e. The first kappa shape index (κ1) is 11.4. The number of nitriles is 1. The van der Waals surface area contributed by atoms with Crippen LogP contribution in [-0.2, 0) is 4.79 Å². The number of anilines is 1. The van der Waals surface area contributed by atoms with Crippen LogP contribution >= 0.6 is 0 Å². The molecule has 88 valence electrons. The maximum Gasteiger partial charge on any atom is 0.219 e. The molecule has 1 aliphatic heterocycles. The summed E-state index contributed by atoms with van der Waals surface area (Å²) in [6, 6.07) is 5.66. The number of nitrogens with zero attached hydrogens (tertiary/aromatic N) is 4. The first-order valence-corrected chi connectivity index (χ1v) is 5.58. The SMILES string of the molecule is CC(=O)N1CCN(c2ncccc2C#N)CC1. The van der Waals surface area contributed by atoms with Gasteiger partial charge in [0.05, 0.1) is 5.56 Å². The average molecular weight is 230 g/mol. The Labute approximate surface area is 100 Å². The molecule has 1 saturated heterocycles. The first-order chi connectivity index (χ1) is 8.22. The topological polar surface area (TPSA) is 60.2 Å². The number of hydrogen-bond donors (Lipinski definition) is 0. The standard InChI is InChI=1S/C12H14N4O/c1-10(17)15-5-7-16(8-6-15)12-11(9-13)3-2-4-14-12/h2-4H,5-8H2,1H3. The number of rotatable bonds is 1. The van der Waals surface area contributed by atoms with Gasteiger partial charge < -0.3 is 9.80 Å².